The number of carbonyl (C=O) groups is 3. The second-order valence-electron chi connectivity index (χ2n) is 4.00. The second kappa shape index (κ2) is 7.90. The summed E-state index contributed by atoms with van der Waals surface area (Å²) in [6, 6.07) is 5.72. The van der Waals surface area contributed by atoms with Crippen LogP contribution in [-0.4, -0.2) is 37.9 Å². The van der Waals surface area contributed by atoms with Crippen LogP contribution < -0.4 is 21.1 Å². The van der Waals surface area contributed by atoms with Gasteiger partial charge in [-0.25, -0.2) is 0 Å². The number of rotatable bonds is 6. The van der Waals surface area contributed by atoms with Crippen molar-refractivity contribution in [2.45, 2.75) is 6.42 Å². The van der Waals surface area contributed by atoms with Crippen molar-refractivity contribution in [2.24, 2.45) is 0 Å². The minimum absolute atomic E-state index is 0.0304. The number of hydrogen-bond donors (Lipinski definition) is 3. The topological polar surface area (TPSA) is 110 Å². The molecule has 1 aromatic carbocycles. The van der Waals surface area contributed by atoms with E-state index in [0.29, 0.717) is 13.0 Å². The lowest BCUT2D eigenvalue weighted by Crippen LogP contribution is -2.37. The first-order valence-corrected chi connectivity index (χ1v) is 6.10. The molecule has 1 aromatic rings. The highest BCUT2D eigenvalue weighted by molar-refractivity contribution is 6.39. The Morgan fingerprint density at radius 1 is 1.10 bits per heavy atom. The molecule has 0 saturated heterocycles. The van der Waals surface area contributed by atoms with E-state index in [9.17, 15) is 19.5 Å². The first-order chi connectivity index (χ1) is 9.56. The van der Waals surface area contributed by atoms with Crippen molar-refractivity contribution in [3.63, 3.8) is 0 Å². The molecule has 2 amide bonds. The van der Waals surface area contributed by atoms with Crippen LogP contribution in [-0.2, 0) is 9.59 Å². The van der Waals surface area contributed by atoms with Crippen LogP contribution in [0, 0.1) is 0 Å². The molecular formula is C13H16N3O4-. The molecule has 7 heteroatoms. The van der Waals surface area contributed by atoms with Crippen molar-refractivity contribution < 1.29 is 19.5 Å². The predicted molar refractivity (Wildman–Crippen MR) is 71.0 cm³/mol. The average molecular weight is 278 g/mol. The lowest BCUT2D eigenvalue weighted by atomic mass is 10.2. The van der Waals surface area contributed by atoms with E-state index < -0.39 is 17.8 Å². The Labute approximate surface area is 116 Å². The molecule has 0 spiro atoms. The van der Waals surface area contributed by atoms with E-state index >= 15 is 0 Å². The normalized spacial score (nSPS) is 9.85. The SMILES string of the molecule is CNCCCNC(=O)C(=O)Nc1ccccc1C(=O)[O-]. The zero-order valence-electron chi connectivity index (χ0n) is 11.1. The van der Waals surface area contributed by atoms with Gasteiger partial charge in [0.2, 0.25) is 0 Å². The molecule has 0 fully saturated rings. The molecule has 0 unspecified atom stereocenters. The highest BCUT2D eigenvalue weighted by Gasteiger charge is 2.14. The standard InChI is InChI=1S/C13H17N3O4/c1-14-7-4-8-15-11(17)12(18)16-10-6-3-2-5-9(10)13(19)20/h2-3,5-6,14H,4,7-8H2,1H3,(H,15,17)(H,16,18)(H,19,20)/p-1. The number of amides is 2. The van der Waals surface area contributed by atoms with E-state index in [0.717, 1.165) is 6.54 Å². The number of carboxylic acids is 1. The molecule has 3 N–H and O–H groups in total. The summed E-state index contributed by atoms with van der Waals surface area (Å²) in [6.07, 6.45) is 0.686. The fourth-order valence-electron chi connectivity index (χ4n) is 1.50. The Morgan fingerprint density at radius 2 is 1.80 bits per heavy atom. The number of carbonyl (C=O) groups excluding carboxylic acids is 3. The van der Waals surface area contributed by atoms with Crippen molar-refractivity contribution in [2.75, 3.05) is 25.5 Å². The van der Waals surface area contributed by atoms with Gasteiger partial charge < -0.3 is 25.9 Å². The summed E-state index contributed by atoms with van der Waals surface area (Å²) in [5.41, 5.74) is -0.147. The maximum atomic E-state index is 11.6. The van der Waals surface area contributed by atoms with Crippen LogP contribution in [0.4, 0.5) is 5.69 Å². The molecule has 0 radical (unpaired) electrons. The Kier molecular flexibility index (Phi) is 6.18. The van der Waals surface area contributed by atoms with Crippen LogP contribution in [0.2, 0.25) is 0 Å². The summed E-state index contributed by atoms with van der Waals surface area (Å²) in [4.78, 5) is 33.9. The fraction of sp³-hybridized carbons (Fsp3) is 0.308. The lowest BCUT2D eigenvalue weighted by molar-refractivity contribution is -0.254. The van der Waals surface area contributed by atoms with E-state index in [4.69, 9.17) is 0 Å². The molecule has 20 heavy (non-hydrogen) atoms. The van der Waals surface area contributed by atoms with Gasteiger partial charge in [0.05, 0.1) is 11.7 Å². The van der Waals surface area contributed by atoms with Gasteiger partial charge in [-0.05, 0) is 26.1 Å². The summed E-state index contributed by atoms with van der Waals surface area (Å²) in [5, 5.41) is 18.4. The number of nitrogens with one attached hydrogen (secondary N) is 3. The average Bonchev–Trinajstić information content (AvgIpc) is 2.43. The van der Waals surface area contributed by atoms with Crippen molar-refractivity contribution >= 4 is 23.5 Å². The Balaban J connectivity index is 2.58. The third kappa shape index (κ3) is 4.69. The van der Waals surface area contributed by atoms with Gasteiger partial charge in [0, 0.05) is 12.1 Å². The number of anilines is 1. The van der Waals surface area contributed by atoms with Crippen LogP contribution in [0.25, 0.3) is 0 Å². The van der Waals surface area contributed by atoms with Crippen LogP contribution in [0.5, 0.6) is 0 Å². The van der Waals surface area contributed by atoms with E-state index in [-0.39, 0.29) is 11.3 Å². The van der Waals surface area contributed by atoms with E-state index in [1.807, 2.05) is 0 Å². The van der Waals surface area contributed by atoms with Crippen molar-refractivity contribution in [3.05, 3.63) is 29.8 Å². The molecule has 108 valence electrons. The first kappa shape index (κ1) is 15.6. The summed E-state index contributed by atoms with van der Waals surface area (Å²) in [6.45, 7) is 1.07. The zero-order valence-corrected chi connectivity index (χ0v) is 11.1. The fourth-order valence-corrected chi connectivity index (χ4v) is 1.50. The van der Waals surface area contributed by atoms with Gasteiger partial charge >= 0.3 is 11.8 Å². The number of carboxylic acid groups (broad SMARTS) is 1. The van der Waals surface area contributed by atoms with Gasteiger partial charge in [-0.1, -0.05) is 18.2 Å². The molecule has 0 aliphatic heterocycles. The largest absolute Gasteiger partial charge is 0.545 e. The molecule has 7 nitrogen and oxygen atoms in total. The lowest BCUT2D eigenvalue weighted by Gasteiger charge is -2.11. The Bertz CT molecular complexity index is 502. The highest BCUT2D eigenvalue weighted by Crippen LogP contribution is 2.13. The Hall–Kier alpha value is -2.41. The number of aromatic carboxylic acids is 1. The van der Waals surface area contributed by atoms with Gasteiger partial charge in [-0.3, -0.25) is 9.59 Å². The summed E-state index contributed by atoms with van der Waals surface area (Å²) >= 11 is 0. The second-order valence-corrected chi connectivity index (χ2v) is 4.00. The quantitative estimate of drug-likeness (QED) is 0.443. The van der Waals surface area contributed by atoms with Crippen molar-refractivity contribution in [1.29, 1.82) is 0 Å². The van der Waals surface area contributed by atoms with Gasteiger partial charge in [-0.2, -0.15) is 0 Å². The maximum absolute atomic E-state index is 11.6. The molecule has 0 aromatic heterocycles. The smallest absolute Gasteiger partial charge is 0.313 e. The Morgan fingerprint density at radius 3 is 2.45 bits per heavy atom. The molecule has 0 saturated carbocycles. The van der Waals surface area contributed by atoms with Gasteiger partial charge in [-0.15, -0.1) is 0 Å². The molecule has 0 aliphatic rings. The van der Waals surface area contributed by atoms with Crippen LogP contribution in [0.3, 0.4) is 0 Å². The van der Waals surface area contributed by atoms with E-state index in [1.165, 1.54) is 18.2 Å². The van der Waals surface area contributed by atoms with Crippen LogP contribution >= 0.6 is 0 Å². The minimum Gasteiger partial charge on any atom is -0.545 e. The summed E-state index contributed by atoms with van der Waals surface area (Å²) < 4.78 is 0. The minimum atomic E-state index is -1.42. The van der Waals surface area contributed by atoms with Crippen molar-refractivity contribution in [1.82, 2.24) is 10.6 Å². The molecule has 1 rings (SSSR count). The third-order valence-electron chi connectivity index (χ3n) is 2.49. The summed E-state index contributed by atoms with van der Waals surface area (Å²) in [5.74, 6) is -3.15. The van der Waals surface area contributed by atoms with Gasteiger partial charge in [0.15, 0.2) is 0 Å². The van der Waals surface area contributed by atoms with E-state index in [1.54, 1.807) is 13.1 Å². The van der Waals surface area contributed by atoms with Crippen LogP contribution in [0.15, 0.2) is 24.3 Å². The maximum Gasteiger partial charge on any atom is 0.313 e. The monoisotopic (exact) mass is 278 g/mol. The zero-order chi connectivity index (χ0) is 15.0. The summed E-state index contributed by atoms with van der Waals surface area (Å²) in [7, 11) is 1.78. The molecule has 0 aliphatic carbocycles. The third-order valence-corrected chi connectivity index (χ3v) is 2.49. The molecule has 0 heterocycles. The molecule has 0 bridgehead atoms. The molecule has 0 atom stereocenters. The molecular weight excluding hydrogens is 262 g/mol. The van der Waals surface area contributed by atoms with Crippen LogP contribution in [0.1, 0.15) is 16.8 Å². The first-order valence-electron chi connectivity index (χ1n) is 6.10. The van der Waals surface area contributed by atoms with Gasteiger partial charge in [0.1, 0.15) is 0 Å². The van der Waals surface area contributed by atoms with Gasteiger partial charge in [0.25, 0.3) is 0 Å². The predicted octanol–water partition coefficient (Wildman–Crippen LogP) is -1.29. The number of hydrogen-bond acceptors (Lipinski definition) is 5. The van der Waals surface area contributed by atoms with E-state index in [2.05, 4.69) is 16.0 Å². The van der Waals surface area contributed by atoms with Crippen molar-refractivity contribution in [3.8, 4) is 0 Å². The number of para-hydroxylation sites is 1. The number of benzene rings is 1. The highest BCUT2D eigenvalue weighted by atomic mass is 16.4.